The quantitative estimate of drug-likeness (QED) is 0.751. The average Bonchev–Trinajstić information content (AvgIpc) is 2.57. The van der Waals surface area contributed by atoms with E-state index in [1.165, 1.54) is 19.3 Å². The van der Waals surface area contributed by atoms with Crippen LogP contribution >= 0.6 is 0 Å². The van der Waals surface area contributed by atoms with Crippen molar-refractivity contribution in [3.8, 4) is 0 Å². The normalized spacial score (nSPS) is 16.9. The summed E-state index contributed by atoms with van der Waals surface area (Å²) in [5.41, 5.74) is 0. The molecule has 2 rings (SSSR count). The Morgan fingerprint density at radius 2 is 2.14 bits per heavy atom. The highest BCUT2D eigenvalue weighted by Crippen LogP contribution is 2.25. The van der Waals surface area contributed by atoms with Crippen LogP contribution in [0.2, 0.25) is 0 Å². The summed E-state index contributed by atoms with van der Waals surface area (Å²) >= 11 is 0. The molecule has 78 valence electrons. The SMILES string of the molecule is OCc1ccc(CNCC2CCC2)o1. The zero-order chi connectivity index (χ0) is 9.80. The molecule has 1 aromatic heterocycles. The van der Waals surface area contributed by atoms with Gasteiger partial charge in [-0.1, -0.05) is 6.42 Å². The lowest BCUT2D eigenvalue weighted by Gasteiger charge is -2.25. The third-order valence-electron chi connectivity index (χ3n) is 2.83. The van der Waals surface area contributed by atoms with E-state index in [9.17, 15) is 0 Å². The number of aliphatic hydroxyl groups excluding tert-OH is 1. The molecule has 0 radical (unpaired) electrons. The summed E-state index contributed by atoms with van der Waals surface area (Å²) in [5.74, 6) is 2.43. The first-order chi connectivity index (χ1) is 6.88. The monoisotopic (exact) mass is 195 g/mol. The molecule has 0 aromatic carbocycles. The number of nitrogens with one attached hydrogen (secondary N) is 1. The molecule has 0 bridgehead atoms. The predicted octanol–water partition coefficient (Wildman–Crippen LogP) is 1.66. The van der Waals surface area contributed by atoms with Gasteiger partial charge >= 0.3 is 0 Å². The molecule has 0 aliphatic heterocycles. The number of furan rings is 1. The van der Waals surface area contributed by atoms with Crippen molar-refractivity contribution in [2.24, 2.45) is 5.92 Å². The number of aliphatic hydroxyl groups is 1. The van der Waals surface area contributed by atoms with Gasteiger partial charge in [0.15, 0.2) is 0 Å². The van der Waals surface area contributed by atoms with Crippen LogP contribution in [0.4, 0.5) is 0 Å². The first kappa shape index (κ1) is 9.74. The Morgan fingerprint density at radius 3 is 2.71 bits per heavy atom. The van der Waals surface area contributed by atoms with E-state index in [4.69, 9.17) is 9.52 Å². The minimum absolute atomic E-state index is 0.0113. The van der Waals surface area contributed by atoms with Crippen molar-refractivity contribution >= 4 is 0 Å². The van der Waals surface area contributed by atoms with Crippen molar-refractivity contribution in [2.75, 3.05) is 6.54 Å². The Labute approximate surface area is 84.1 Å². The molecule has 0 atom stereocenters. The predicted molar refractivity (Wildman–Crippen MR) is 53.7 cm³/mol. The van der Waals surface area contributed by atoms with E-state index in [-0.39, 0.29) is 6.61 Å². The molecule has 1 fully saturated rings. The molecule has 2 N–H and O–H groups in total. The highest BCUT2D eigenvalue weighted by Gasteiger charge is 2.16. The molecule has 0 unspecified atom stereocenters. The van der Waals surface area contributed by atoms with Crippen LogP contribution in [0.3, 0.4) is 0 Å². The second-order valence-electron chi connectivity index (χ2n) is 3.95. The Hall–Kier alpha value is -0.800. The largest absolute Gasteiger partial charge is 0.462 e. The van der Waals surface area contributed by atoms with Gasteiger partial charge < -0.3 is 14.8 Å². The van der Waals surface area contributed by atoms with E-state index >= 15 is 0 Å². The van der Waals surface area contributed by atoms with Gasteiger partial charge in [-0.05, 0) is 37.4 Å². The second kappa shape index (κ2) is 4.62. The van der Waals surface area contributed by atoms with Crippen LogP contribution in [0.15, 0.2) is 16.5 Å². The van der Waals surface area contributed by atoms with Gasteiger partial charge in [0, 0.05) is 0 Å². The minimum atomic E-state index is -0.0113. The van der Waals surface area contributed by atoms with Gasteiger partial charge in [-0.15, -0.1) is 0 Å². The second-order valence-corrected chi connectivity index (χ2v) is 3.95. The molecule has 1 saturated carbocycles. The Morgan fingerprint density at radius 1 is 1.36 bits per heavy atom. The Kier molecular flexibility index (Phi) is 3.22. The summed E-state index contributed by atoms with van der Waals surface area (Å²) in [6.07, 6.45) is 4.13. The summed E-state index contributed by atoms with van der Waals surface area (Å²) in [4.78, 5) is 0. The van der Waals surface area contributed by atoms with Crippen LogP contribution in [0.25, 0.3) is 0 Å². The van der Waals surface area contributed by atoms with Crippen molar-refractivity contribution in [1.29, 1.82) is 0 Å². The molecule has 3 heteroatoms. The summed E-state index contributed by atoms with van der Waals surface area (Å²) < 4.78 is 5.35. The molecule has 1 aliphatic rings. The van der Waals surface area contributed by atoms with E-state index in [0.717, 1.165) is 24.8 Å². The topological polar surface area (TPSA) is 45.4 Å². The molecule has 3 nitrogen and oxygen atoms in total. The molecule has 0 spiro atoms. The molecular formula is C11H17NO2. The van der Waals surface area contributed by atoms with Gasteiger partial charge in [0.25, 0.3) is 0 Å². The fourth-order valence-corrected chi connectivity index (χ4v) is 1.70. The highest BCUT2D eigenvalue weighted by atomic mass is 16.4. The van der Waals surface area contributed by atoms with Gasteiger partial charge in [0.05, 0.1) is 6.54 Å². The lowest BCUT2D eigenvalue weighted by molar-refractivity contribution is 0.241. The van der Waals surface area contributed by atoms with Crippen molar-refractivity contribution < 1.29 is 9.52 Å². The van der Waals surface area contributed by atoms with E-state index in [1.807, 2.05) is 12.1 Å². The van der Waals surface area contributed by atoms with Crippen molar-refractivity contribution in [2.45, 2.75) is 32.4 Å². The summed E-state index contributed by atoms with van der Waals surface area (Å²) in [6, 6.07) is 3.74. The average molecular weight is 195 g/mol. The van der Waals surface area contributed by atoms with Crippen molar-refractivity contribution in [3.05, 3.63) is 23.7 Å². The van der Waals surface area contributed by atoms with Crippen molar-refractivity contribution in [1.82, 2.24) is 5.32 Å². The van der Waals surface area contributed by atoms with Gasteiger partial charge in [0.1, 0.15) is 18.1 Å². The summed E-state index contributed by atoms with van der Waals surface area (Å²) in [5, 5.41) is 12.2. The van der Waals surface area contributed by atoms with Gasteiger partial charge in [-0.25, -0.2) is 0 Å². The standard InChI is InChI=1S/C11H17NO2/c13-8-11-5-4-10(14-11)7-12-6-9-2-1-3-9/h4-5,9,12-13H,1-3,6-8H2. The van der Waals surface area contributed by atoms with Crippen LogP contribution in [-0.2, 0) is 13.2 Å². The Balaban J connectivity index is 1.68. The van der Waals surface area contributed by atoms with E-state index in [0.29, 0.717) is 5.76 Å². The molecular weight excluding hydrogens is 178 g/mol. The summed E-state index contributed by atoms with van der Waals surface area (Å²) in [6.45, 7) is 1.86. The third-order valence-corrected chi connectivity index (χ3v) is 2.83. The van der Waals surface area contributed by atoms with Crippen LogP contribution < -0.4 is 5.32 Å². The molecule has 1 aromatic rings. The maximum absolute atomic E-state index is 8.80. The summed E-state index contributed by atoms with van der Waals surface area (Å²) in [7, 11) is 0. The number of hydrogen-bond acceptors (Lipinski definition) is 3. The zero-order valence-electron chi connectivity index (χ0n) is 8.33. The first-order valence-corrected chi connectivity index (χ1v) is 5.27. The maximum atomic E-state index is 8.80. The third kappa shape index (κ3) is 2.36. The number of rotatable bonds is 5. The van der Waals surface area contributed by atoms with Crippen LogP contribution in [0, 0.1) is 5.92 Å². The van der Waals surface area contributed by atoms with Gasteiger partial charge in [0.2, 0.25) is 0 Å². The van der Waals surface area contributed by atoms with Gasteiger partial charge in [-0.2, -0.15) is 0 Å². The molecule has 14 heavy (non-hydrogen) atoms. The maximum Gasteiger partial charge on any atom is 0.129 e. The zero-order valence-corrected chi connectivity index (χ0v) is 8.33. The lowest BCUT2D eigenvalue weighted by Crippen LogP contribution is -2.26. The number of hydrogen-bond donors (Lipinski definition) is 2. The van der Waals surface area contributed by atoms with Crippen LogP contribution in [0.5, 0.6) is 0 Å². The molecule has 1 aliphatic carbocycles. The van der Waals surface area contributed by atoms with Crippen molar-refractivity contribution in [3.63, 3.8) is 0 Å². The van der Waals surface area contributed by atoms with E-state index in [2.05, 4.69) is 5.32 Å². The van der Waals surface area contributed by atoms with Crippen LogP contribution in [-0.4, -0.2) is 11.7 Å². The molecule has 1 heterocycles. The van der Waals surface area contributed by atoms with E-state index < -0.39 is 0 Å². The van der Waals surface area contributed by atoms with Gasteiger partial charge in [-0.3, -0.25) is 0 Å². The Bertz CT molecular complexity index is 279. The molecule has 0 amide bonds. The van der Waals surface area contributed by atoms with Crippen LogP contribution in [0.1, 0.15) is 30.8 Å². The highest BCUT2D eigenvalue weighted by molar-refractivity contribution is 5.06. The first-order valence-electron chi connectivity index (χ1n) is 5.27. The lowest BCUT2D eigenvalue weighted by atomic mass is 9.85. The fraction of sp³-hybridized carbons (Fsp3) is 0.636. The smallest absolute Gasteiger partial charge is 0.129 e. The molecule has 0 saturated heterocycles. The van der Waals surface area contributed by atoms with E-state index in [1.54, 1.807) is 0 Å². The minimum Gasteiger partial charge on any atom is -0.462 e. The fourth-order valence-electron chi connectivity index (χ4n) is 1.70.